The van der Waals surface area contributed by atoms with Gasteiger partial charge in [0.1, 0.15) is 16.1 Å². The fourth-order valence-corrected chi connectivity index (χ4v) is 3.67. The standard InChI is InChI=1S/C16H15N3OS2/c1-3-4-9-21-16-17-15-13(18-19-16)10-14(22-15)11-5-7-12(20-2)8-6-11/h3,5-8,10H,1,4,9H2,2H3. The van der Waals surface area contributed by atoms with Gasteiger partial charge in [0.25, 0.3) is 0 Å². The third-order valence-corrected chi connectivity index (χ3v) is 5.00. The molecule has 0 fully saturated rings. The summed E-state index contributed by atoms with van der Waals surface area (Å²) in [6.45, 7) is 3.71. The highest BCUT2D eigenvalue weighted by atomic mass is 32.2. The van der Waals surface area contributed by atoms with Gasteiger partial charge in [-0.15, -0.1) is 28.1 Å². The van der Waals surface area contributed by atoms with E-state index in [1.165, 1.54) is 0 Å². The van der Waals surface area contributed by atoms with E-state index in [0.717, 1.165) is 43.9 Å². The van der Waals surface area contributed by atoms with Crippen LogP contribution in [0.15, 0.2) is 48.1 Å². The van der Waals surface area contributed by atoms with Gasteiger partial charge in [0.15, 0.2) is 0 Å². The Labute approximate surface area is 137 Å². The van der Waals surface area contributed by atoms with Gasteiger partial charge in [-0.3, -0.25) is 0 Å². The van der Waals surface area contributed by atoms with E-state index >= 15 is 0 Å². The second kappa shape index (κ2) is 6.89. The summed E-state index contributed by atoms with van der Waals surface area (Å²) >= 11 is 3.23. The summed E-state index contributed by atoms with van der Waals surface area (Å²) in [7, 11) is 1.67. The molecular formula is C16H15N3OS2. The van der Waals surface area contributed by atoms with Gasteiger partial charge in [-0.05, 0) is 42.3 Å². The first kappa shape index (κ1) is 15.0. The summed E-state index contributed by atoms with van der Waals surface area (Å²) in [5.41, 5.74) is 1.97. The number of methoxy groups -OCH3 is 1. The molecule has 2 heterocycles. The van der Waals surface area contributed by atoms with Crippen molar-refractivity contribution in [1.29, 1.82) is 0 Å². The Morgan fingerprint density at radius 1 is 1.27 bits per heavy atom. The van der Waals surface area contributed by atoms with Crippen molar-refractivity contribution < 1.29 is 4.74 Å². The molecule has 0 radical (unpaired) electrons. The van der Waals surface area contributed by atoms with Crippen molar-refractivity contribution in [2.45, 2.75) is 11.6 Å². The number of allylic oxidation sites excluding steroid dienone is 1. The minimum Gasteiger partial charge on any atom is -0.497 e. The molecule has 3 aromatic rings. The number of fused-ring (bicyclic) bond motifs is 1. The summed E-state index contributed by atoms with van der Waals surface area (Å²) in [4.78, 5) is 6.63. The van der Waals surface area contributed by atoms with Crippen molar-refractivity contribution >= 4 is 33.4 Å². The third kappa shape index (κ3) is 3.28. The lowest BCUT2D eigenvalue weighted by Crippen LogP contribution is -1.90. The predicted molar refractivity (Wildman–Crippen MR) is 92.7 cm³/mol. The van der Waals surface area contributed by atoms with E-state index in [4.69, 9.17) is 4.74 Å². The van der Waals surface area contributed by atoms with Gasteiger partial charge in [-0.1, -0.05) is 17.8 Å². The molecule has 0 unspecified atom stereocenters. The largest absolute Gasteiger partial charge is 0.497 e. The Hall–Kier alpha value is -1.92. The van der Waals surface area contributed by atoms with Crippen LogP contribution in [0.3, 0.4) is 0 Å². The Bertz CT molecular complexity index is 784. The fraction of sp³-hybridized carbons (Fsp3) is 0.188. The molecule has 6 heteroatoms. The van der Waals surface area contributed by atoms with Crippen molar-refractivity contribution in [2.75, 3.05) is 12.9 Å². The molecule has 0 atom stereocenters. The van der Waals surface area contributed by atoms with Gasteiger partial charge in [0.2, 0.25) is 5.16 Å². The minimum absolute atomic E-state index is 0.720. The van der Waals surface area contributed by atoms with Crippen LogP contribution in [0.1, 0.15) is 6.42 Å². The first-order valence-electron chi connectivity index (χ1n) is 6.82. The lowest BCUT2D eigenvalue weighted by molar-refractivity contribution is 0.415. The zero-order valence-electron chi connectivity index (χ0n) is 12.2. The van der Waals surface area contributed by atoms with Crippen LogP contribution in [0.2, 0.25) is 0 Å². The molecule has 0 saturated carbocycles. The number of ether oxygens (including phenoxy) is 1. The van der Waals surface area contributed by atoms with E-state index in [2.05, 4.69) is 21.8 Å². The van der Waals surface area contributed by atoms with Crippen molar-refractivity contribution in [3.05, 3.63) is 43.0 Å². The topological polar surface area (TPSA) is 47.9 Å². The molecule has 0 saturated heterocycles. The normalized spacial score (nSPS) is 10.8. The maximum absolute atomic E-state index is 5.19. The van der Waals surface area contributed by atoms with Crippen LogP contribution in [-0.2, 0) is 0 Å². The Morgan fingerprint density at radius 2 is 2.09 bits per heavy atom. The van der Waals surface area contributed by atoms with E-state index in [9.17, 15) is 0 Å². The second-order valence-electron chi connectivity index (χ2n) is 4.55. The number of nitrogens with zero attached hydrogens (tertiary/aromatic N) is 3. The summed E-state index contributed by atoms with van der Waals surface area (Å²) in [6.07, 6.45) is 2.83. The van der Waals surface area contributed by atoms with Gasteiger partial charge in [0, 0.05) is 10.6 Å². The van der Waals surface area contributed by atoms with Crippen LogP contribution in [0, 0.1) is 0 Å². The van der Waals surface area contributed by atoms with Gasteiger partial charge in [0.05, 0.1) is 7.11 Å². The van der Waals surface area contributed by atoms with Crippen molar-refractivity contribution in [1.82, 2.24) is 15.2 Å². The predicted octanol–water partition coefficient (Wildman–Crippen LogP) is 4.43. The molecule has 2 aromatic heterocycles. The molecule has 0 aliphatic carbocycles. The SMILES string of the molecule is C=CCCSc1nnc2cc(-c3ccc(OC)cc3)sc2n1. The molecule has 0 spiro atoms. The van der Waals surface area contributed by atoms with Gasteiger partial charge >= 0.3 is 0 Å². The van der Waals surface area contributed by atoms with E-state index < -0.39 is 0 Å². The van der Waals surface area contributed by atoms with E-state index in [1.807, 2.05) is 36.4 Å². The molecular weight excluding hydrogens is 314 g/mol. The van der Waals surface area contributed by atoms with Crippen LogP contribution in [0.5, 0.6) is 5.75 Å². The highest BCUT2D eigenvalue weighted by Gasteiger charge is 2.09. The molecule has 0 aliphatic heterocycles. The zero-order valence-corrected chi connectivity index (χ0v) is 13.8. The molecule has 0 amide bonds. The fourth-order valence-electron chi connectivity index (χ4n) is 1.92. The lowest BCUT2D eigenvalue weighted by atomic mass is 10.2. The summed E-state index contributed by atoms with van der Waals surface area (Å²) in [6, 6.07) is 10.0. The summed E-state index contributed by atoms with van der Waals surface area (Å²) in [5, 5.41) is 9.15. The van der Waals surface area contributed by atoms with Crippen LogP contribution < -0.4 is 4.74 Å². The summed E-state index contributed by atoms with van der Waals surface area (Å²) < 4.78 is 5.19. The minimum atomic E-state index is 0.720. The quantitative estimate of drug-likeness (QED) is 0.380. The Morgan fingerprint density at radius 3 is 2.82 bits per heavy atom. The first-order chi connectivity index (χ1) is 10.8. The van der Waals surface area contributed by atoms with Gasteiger partial charge in [-0.25, -0.2) is 4.98 Å². The smallest absolute Gasteiger partial charge is 0.210 e. The number of benzene rings is 1. The average Bonchev–Trinajstić information content (AvgIpc) is 2.98. The average molecular weight is 329 g/mol. The lowest BCUT2D eigenvalue weighted by Gasteiger charge is -2.00. The molecule has 4 nitrogen and oxygen atoms in total. The van der Waals surface area contributed by atoms with E-state index in [-0.39, 0.29) is 0 Å². The Balaban J connectivity index is 1.86. The molecule has 0 N–H and O–H groups in total. The summed E-state index contributed by atoms with van der Waals surface area (Å²) in [5.74, 6) is 1.77. The number of rotatable bonds is 6. The number of aromatic nitrogens is 3. The van der Waals surface area contributed by atoms with Crippen LogP contribution in [0.4, 0.5) is 0 Å². The van der Waals surface area contributed by atoms with Crippen LogP contribution in [0.25, 0.3) is 20.8 Å². The first-order valence-corrected chi connectivity index (χ1v) is 8.63. The monoisotopic (exact) mass is 329 g/mol. The van der Waals surface area contributed by atoms with Crippen molar-refractivity contribution in [3.63, 3.8) is 0 Å². The maximum Gasteiger partial charge on any atom is 0.210 e. The van der Waals surface area contributed by atoms with Crippen molar-refractivity contribution in [2.24, 2.45) is 0 Å². The molecule has 22 heavy (non-hydrogen) atoms. The zero-order chi connectivity index (χ0) is 15.4. The highest BCUT2D eigenvalue weighted by Crippen LogP contribution is 2.32. The molecule has 112 valence electrons. The molecule has 0 aliphatic rings. The molecule has 0 bridgehead atoms. The van der Waals surface area contributed by atoms with E-state index in [0.29, 0.717) is 0 Å². The second-order valence-corrected chi connectivity index (χ2v) is 6.64. The van der Waals surface area contributed by atoms with Gasteiger partial charge < -0.3 is 4.74 Å². The number of thioether (sulfide) groups is 1. The van der Waals surface area contributed by atoms with E-state index in [1.54, 1.807) is 30.2 Å². The maximum atomic E-state index is 5.19. The Kier molecular flexibility index (Phi) is 4.70. The number of hydrogen-bond acceptors (Lipinski definition) is 6. The number of thiophene rings is 1. The third-order valence-electron chi connectivity index (χ3n) is 3.06. The van der Waals surface area contributed by atoms with Crippen LogP contribution >= 0.6 is 23.1 Å². The number of hydrogen-bond donors (Lipinski definition) is 0. The molecule has 3 rings (SSSR count). The van der Waals surface area contributed by atoms with Crippen LogP contribution in [-0.4, -0.2) is 28.0 Å². The molecule has 1 aromatic carbocycles. The van der Waals surface area contributed by atoms with Crippen molar-refractivity contribution in [3.8, 4) is 16.2 Å². The van der Waals surface area contributed by atoms with Gasteiger partial charge in [-0.2, -0.15) is 0 Å². The highest BCUT2D eigenvalue weighted by molar-refractivity contribution is 7.99.